The number of hydrogen-bond donors (Lipinski definition) is 1. The average molecular weight is 240 g/mol. The Labute approximate surface area is 105 Å². The van der Waals surface area contributed by atoms with E-state index in [9.17, 15) is 0 Å². The van der Waals surface area contributed by atoms with Crippen LogP contribution in [0.3, 0.4) is 0 Å². The average Bonchev–Trinajstić information content (AvgIpc) is 2.42. The molecular weight excluding hydrogens is 228 g/mol. The van der Waals surface area contributed by atoms with Gasteiger partial charge in [-0.25, -0.2) is 4.98 Å². The van der Waals surface area contributed by atoms with E-state index in [-0.39, 0.29) is 0 Å². The summed E-state index contributed by atoms with van der Waals surface area (Å²) in [5, 5.41) is 8.68. The summed E-state index contributed by atoms with van der Waals surface area (Å²) >= 11 is 0. The minimum absolute atomic E-state index is 0.352. The van der Waals surface area contributed by atoms with E-state index in [2.05, 4.69) is 9.97 Å². The molecule has 0 fully saturated rings. The van der Waals surface area contributed by atoms with Crippen molar-refractivity contribution in [1.82, 2.24) is 9.97 Å². The van der Waals surface area contributed by atoms with Crippen LogP contribution in [-0.4, -0.2) is 16.6 Å². The predicted molar refractivity (Wildman–Crippen MR) is 66.8 cm³/mol. The number of ether oxygens (including phenoxy) is 1. The molecule has 2 aromatic heterocycles. The quantitative estimate of drug-likeness (QED) is 0.876. The van der Waals surface area contributed by atoms with E-state index in [1.54, 1.807) is 12.3 Å². The molecule has 18 heavy (non-hydrogen) atoms. The summed E-state index contributed by atoms with van der Waals surface area (Å²) in [7, 11) is 0. The third-order valence-corrected chi connectivity index (χ3v) is 2.33. The Bertz CT molecular complexity index is 563. The van der Waals surface area contributed by atoms with Gasteiger partial charge in [0.25, 0.3) is 0 Å². The maximum atomic E-state index is 8.68. The zero-order valence-corrected chi connectivity index (χ0v) is 9.71. The SMILES string of the molecule is N#Cc1cnc(OCCc2ccccn2)c(N)c1. The first-order valence-electron chi connectivity index (χ1n) is 5.48. The molecule has 5 nitrogen and oxygen atoms in total. The lowest BCUT2D eigenvalue weighted by Crippen LogP contribution is -2.06. The van der Waals surface area contributed by atoms with E-state index in [0.717, 1.165) is 5.69 Å². The second kappa shape index (κ2) is 5.64. The number of nitrogens with two attached hydrogens (primary N) is 1. The minimum Gasteiger partial charge on any atom is -0.476 e. The third kappa shape index (κ3) is 2.95. The number of anilines is 1. The van der Waals surface area contributed by atoms with Gasteiger partial charge in [0.1, 0.15) is 6.07 Å². The first kappa shape index (κ1) is 11.9. The molecule has 0 radical (unpaired) electrons. The van der Waals surface area contributed by atoms with Crippen molar-refractivity contribution in [2.24, 2.45) is 0 Å². The predicted octanol–water partition coefficient (Wildman–Crippen LogP) is 1.55. The molecule has 0 unspecified atom stereocenters. The van der Waals surface area contributed by atoms with E-state index in [1.807, 2.05) is 24.3 Å². The fourth-order valence-electron chi connectivity index (χ4n) is 1.45. The fraction of sp³-hybridized carbons (Fsp3) is 0.154. The summed E-state index contributed by atoms with van der Waals surface area (Å²) in [6.07, 6.45) is 3.86. The van der Waals surface area contributed by atoms with Crippen LogP contribution < -0.4 is 10.5 Å². The van der Waals surface area contributed by atoms with Crippen molar-refractivity contribution in [1.29, 1.82) is 5.26 Å². The summed E-state index contributed by atoms with van der Waals surface area (Å²) in [5.74, 6) is 0.352. The van der Waals surface area contributed by atoms with Gasteiger partial charge in [0.05, 0.1) is 17.9 Å². The van der Waals surface area contributed by atoms with Crippen molar-refractivity contribution in [2.45, 2.75) is 6.42 Å². The van der Waals surface area contributed by atoms with E-state index >= 15 is 0 Å². The topological polar surface area (TPSA) is 84.8 Å². The molecule has 2 heterocycles. The van der Waals surface area contributed by atoms with Crippen LogP contribution in [0.25, 0.3) is 0 Å². The zero-order chi connectivity index (χ0) is 12.8. The van der Waals surface area contributed by atoms with Gasteiger partial charge in [-0.3, -0.25) is 4.98 Å². The van der Waals surface area contributed by atoms with Crippen LogP contribution in [0.2, 0.25) is 0 Å². The zero-order valence-electron chi connectivity index (χ0n) is 9.71. The van der Waals surface area contributed by atoms with Crippen molar-refractivity contribution in [3.05, 3.63) is 47.9 Å². The first-order chi connectivity index (χ1) is 8.79. The van der Waals surface area contributed by atoms with Gasteiger partial charge in [-0.1, -0.05) is 6.07 Å². The standard InChI is InChI=1S/C13H12N4O/c14-8-10-7-12(15)13(17-9-10)18-6-4-11-3-1-2-5-16-11/h1-3,5,7,9H,4,6,15H2. The molecule has 0 spiro atoms. The van der Waals surface area contributed by atoms with E-state index in [4.69, 9.17) is 15.7 Å². The van der Waals surface area contributed by atoms with E-state index in [1.165, 1.54) is 6.20 Å². The summed E-state index contributed by atoms with van der Waals surface area (Å²) in [4.78, 5) is 8.18. The lowest BCUT2D eigenvalue weighted by molar-refractivity contribution is 0.310. The molecule has 0 bridgehead atoms. The van der Waals surface area contributed by atoms with Crippen LogP contribution >= 0.6 is 0 Å². The Hall–Kier alpha value is -2.61. The highest BCUT2D eigenvalue weighted by Crippen LogP contribution is 2.18. The molecule has 0 saturated heterocycles. The van der Waals surface area contributed by atoms with Gasteiger partial charge >= 0.3 is 0 Å². The Morgan fingerprint density at radius 2 is 2.22 bits per heavy atom. The van der Waals surface area contributed by atoms with Gasteiger partial charge in [-0.15, -0.1) is 0 Å². The summed E-state index contributed by atoms with van der Waals surface area (Å²) < 4.78 is 5.45. The van der Waals surface area contributed by atoms with Gasteiger partial charge in [0, 0.05) is 24.5 Å². The van der Waals surface area contributed by atoms with E-state index in [0.29, 0.717) is 30.2 Å². The van der Waals surface area contributed by atoms with Crippen molar-refractivity contribution in [3.63, 3.8) is 0 Å². The number of nitriles is 1. The molecule has 90 valence electrons. The molecule has 2 rings (SSSR count). The number of pyridine rings is 2. The Morgan fingerprint density at radius 3 is 2.89 bits per heavy atom. The molecule has 0 saturated carbocycles. The Balaban J connectivity index is 1.93. The molecule has 2 N–H and O–H groups in total. The van der Waals surface area contributed by atoms with Crippen LogP contribution in [0.15, 0.2) is 36.7 Å². The van der Waals surface area contributed by atoms with Crippen molar-refractivity contribution < 1.29 is 4.74 Å². The monoisotopic (exact) mass is 240 g/mol. The lowest BCUT2D eigenvalue weighted by Gasteiger charge is -2.07. The second-order valence-electron chi connectivity index (χ2n) is 3.65. The van der Waals surface area contributed by atoms with E-state index < -0.39 is 0 Å². The molecule has 0 aliphatic rings. The van der Waals surface area contributed by atoms with Crippen LogP contribution in [0.5, 0.6) is 5.88 Å². The smallest absolute Gasteiger partial charge is 0.237 e. The molecule has 0 aliphatic heterocycles. The summed E-state index contributed by atoms with van der Waals surface area (Å²) in [5.41, 5.74) is 7.46. The van der Waals surface area contributed by atoms with Gasteiger partial charge < -0.3 is 10.5 Å². The van der Waals surface area contributed by atoms with Crippen molar-refractivity contribution in [3.8, 4) is 11.9 Å². The normalized spacial score (nSPS) is 9.72. The molecule has 2 aromatic rings. The van der Waals surface area contributed by atoms with Gasteiger partial charge in [-0.2, -0.15) is 5.26 Å². The van der Waals surface area contributed by atoms with Crippen LogP contribution in [0, 0.1) is 11.3 Å². The first-order valence-corrected chi connectivity index (χ1v) is 5.48. The van der Waals surface area contributed by atoms with Crippen LogP contribution in [-0.2, 0) is 6.42 Å². The number of hydrogen-bond acceptors (Lipinski definition) is 5. The molecule has 0 amide bonds. The maximum absolute atomic E-state index is 8.68. The molecule has 0 aromatic carbocycles. The largest absolute Gasteiger partial charge is 0.476 e. The Kier molecular flexibility index (Phi) is 3.72. The minimum atomic E-state index is 0.352. The molecule has 0 atom stereocenters. The number of aromatic nitrogens is 2. The number of rotatable bonds is 4. The van der Waals surface area contributed by atoms with Crippen molar-refractivity contribution in [2.75, 3.05) is 12.3 Å². The number of nitrogens with zero attached hydrogens (tertiary/aromatic N) is 3. The molecular formula is C13H12N4O. The number of nitrogen functional groups attached to an aromatic ring is 1. The lowest BCUT2D eigenvalue weighted by atomic mass is 10.3. The fourth-order valence-corrected chi connectivity index (χ4v) is 1.45. The summed E-state index contributed by atoms with van der Waals surface area (Å²) in [6.45, 7) is 0.445. The summed E-state index contributed by atoms with van der Waals surface area (Å²) in [6, 6.07) is 9.24. The third-order valence-electron chi connectivity index (χ3n) is 2.33. The van der Waals surface area contributed by atoms with Gasteiger partial charge in [-0.05, 0) is 18.2 Å². The molecule has 0 aliphatic carbocycles. The van der Waals surface area contributed by atoms with Gasteiger partial charge in [0.2, 0.25) is 5.88 Å². The van der Waals surface area contributed by atoms with Crippen LogP contribution in [0.1, 0.15) is 11.3 Å². The molecule has 5 heteroatoms. The highest BCUT2D eigenvalue weighted by Gasteiger charge is 2.03. The maximum Gasteiger partial charge on any atom is 0.237 e. The highest BCUT2D eigenvalue weighted by molar-refractivity contribution is 5.51. The highest BCUT2D eigenvalue weighted by atomic mass is 16.5. The van der Waals surface area contributed by atoms with Crippen LogP contribution in [0.4, 0.5) is 5.69 Å². The Morgan fingerprint density at radius 1 is 1.33 bits per heavy atom. The van der Waals surface area contributed by atoms with Gasteiger partial charge in [0.15, 0.2) is 0 Å². The second-order valence-corrected chi connectivity index (χ2v) is 3.65. The van der Waals surface area contributed by atoms with Crippen molar-refractivity contribution >= 4 is 5.69 Å².